The fraction of sp³-hybridized carbons (Fsp3) is 0. The third-order valence-electron chi connectivity index (χ3n) is 2.43. The number of benzene rings is 2. The molecule has 0 heterocycles. The van der Waals surface area contributed by atoms with Gasteiger partial charge in [0.1, 0.15) is 0 Å². The molecule has 2 aromatic carbocycles. The summed E-state index contributed by atoms with van der Waals surface area (Å²) in [7, 11) is 0. The summed E-state index contributed by atoms with van der Waals surface area (Å²) >= 11 is 1.23. The summed E-state index contributed by atoms with van der Waals surface area (Å²) in [4.78, 5) is 23.3. The van der Waals surface area contributed by atoms with E-state index in [4.69, 9.17) is 10.2 Å². The zero-order valence-corrected chi connectivity index (χ0v) is 10.6. The molecule has 2 aromatic rings. The van der Waals surface area contributed by atoms with Gasteiger partial charge in [-0.2, -0.15) is 0 Å². The zero-order chi connectivity index (χ0) is 13.8. The van der Waals surface area contributed by atoms with E-state index in [-0.39, 0.29) is 11.1 Å². The molecule has 0 unspecified atom stereocenters. The van der Waals surface area contributed by atoms with Crippen molar-refractivity contribution >= 4 is 23.7 Å². The van der Waals surface area contributed by atoms with E-state index in [1.807, 2.05) is 30.3 Å². The molecule has 5 heteroatoms. The van der Waals surface area contributed by atoms with Crippen LogP contribution < -0.4 is 0 Å². The molecule has 0 aromatic heterocycles. The first kappa shape index (κ1) is 13.2. The average Bonchev–Trinajstić information content (AvgIpc) is 2.39. The third kappa shape index (κ3) is 3.14. The highest BCUT2D eigenvalue weighted by atomic mass is 32.2. The topological polar surface area (TPSA) is 74.6 Å². The van der Waals surface area contributed by atoms with Crippen molar-refractivity contribution in [2.75, 3.05) is 0 Å². The van der Waals surface area contributed by atoms with Crippen molar-refractivity contribution in [1.29, 1.82) is 0 Å². The number of carbonyl (C=O) groups is 2. The molecule has 0 spiro atoms. The van der Waals surface area contributed by atoms with E-state index in [0.29, 0.717) is 4.90 Å². The van der Waals surface area contributed by atoms with Crippen LogP contribution in [0, 0.1) is 0 Å². The van der Waals surface area contributed by atoms with Crippen LogP contribution in [0.5, 0.6) is 0 Å². The van der Waals surface area contributed by atoms with Crippen molar-refractivity contribution in [3.8, 4) is 0 Å². The second kappa shape index (κ2) is 5.58. The minimum atomic E-state index is -1.08. The van der Waals surface area contributed by atoms with Crippen molar-refractivity contribution < 1.29 is 19.8 Å². The molecule has 0 atom stereocenters. The molecule has 2 rings (SSSR count). The predicted molar refractivity (Wildman–Crippen MR) is 70.9 cm³/mol. The Morgan fingerprint density at radius 2 is 1.58 bits per heavy atom. The minimum absolute atomic E-state index is 0.0726. The lowest BCUT2D eigenvalue weighted by molar-refractivity contribution is 0.0678. The van der Waals surface area contributed by atoms with E-state index in [1.165, 1.54) is 30.0 Å². The molecule has 0 aliphatic heterocycles. The predicted octanol–water partition coefficient (Wildman–Crippen LogP) is 3.23. The second-order valence-electron chi connectivity index (χ2n) is 3.74. The summed E-state index contributed by atoms with van der Waals surface area (Å²) in [5.74, 6) is -2.15. The Hall–Kier alpha value is -2.27. The van der Waals surface area contributed by atoms with Gasteiger partial charge in [0.15, 0.2) is 0 Å². The fourth-order valence-corrected chi connectivity index (χ4v) is 2.53. The lowest BCUT2D eigenvalue weighted by atomic mass is 10.1. The van der Waals surface area contributed by atoms with Gasteiger partial charge in [0.25, 0.3) is 0 Å². The molecule has 0 aliphatic rings. The van der Waals surface area contributed by atoms with Gasteiger partial charge in [-0.15, -0.1) is 0 Å². The maximum Gasteiger partial charge on any atom is 0.336 e. The minimum Gasteiger partial charge on any atom is -0.478 e. The van der Waals surface area contributed by atoms with E-state index < -0.39 is 11.9 Å². The van der Waals surface area contributed by atoms with E-state index in [0.717, 1.165) is 4.90 Å². The molecule has 96 valence electrons. The Balaban J connectivity index is 2.43. The molecule has 0 bridgehead atoms. The number of hydrogen-bond acceptors (Lipinski definition) is 3. The van der Waals surface area contributed by atoms with E-state index in [2.05, 4.69) is 0 Å². The molecule has 0 saturated carbocycles. The van der Waals surface area contributed by atoms with Gasteiger partial charge in [-0.3, -0.25) is 0 Å². The monoisotopic (exact) mass is 274 g/mol. The quantitative estimate of drug-likeness (QED) is 0.895. The van der Waals surface area contributed by atoms with Gasteiger partial charge in [0.2, 0.25) is 0 Å². The highest BCUT2D eigenvalue weighted by molar-refractivity contribution is 7.99. The molecular weight excluding hydrogens is 264 g/mol. The normalized spacial score (nSPS) is 10.1. The lowest BCUT2D eigenvalue weighted by Gasteiger charge is -2.07. The standard InChI is InChI=1S/C14H10O4S/c15-13(16)9-6-7-11(14(17)18)12(8-9)19-10-4-2-1-3-5-10/h1-8H,(H,15,16)(H,17,18). The first-order valence-corrected chi connectivity index (χ1v) is 6.23. The van der Waals surface area contributed by atoms with Gasteiger partial charge in [-0.25, -0.2) is 9.59 Å². The van der Waals surface area contributed by atoms with Gasteiger partial charge < -0.3 is 10.2 Å². The van der Waals surface area contributed by atoms with Gasteiger partial charge >= 0.3 is 11.9 Å². The Bertz CT molecular complexity index is 623. The van der Waals surface area contributed by atoms with Crippen LogP contribution in [0.15, 0.2) is 58.3 Å². The van der Waals surface area contributed by atoms with Crippen LogP contribution in [0.3, 0.4) is 0 Å². The molecule has 0 radical (unpaired) electrons. The number of hydrogen-bond donors (Lipinski definition) is 2. The van der Waals surface area contributed by atoms with Crippen LogP contribution >= 0.6 is 11.8 Å². The third-order valence-corrected chi connectivity index (χ3v) is 3.50. The van der Waals surface area contributed by atoms with E-state index in [1.54, 1.807) is 0 Å². The van der Waals surface area contributed by atoms with Crippen LogP contribution in [0.1, 0.15) is 20.7 Å². The number of carboxylic acids is 2. The summed E-state index contributed by atoms with van der Waals surface area (Å²) in [6.45, 7) is 0. The smallest absolute Gasteiger partial charge is 0.336 e. The van der Waals surface area contributed by atoms with Crippen LogP contribution in [0.2, 0.25) is 0 Å². The van der Waals surface area contributed by atoms with Crippen LogP contribution in [0.4, 0.5) is 0 Å². The highest BCUT2D eigenvalue weighted by Crippen LogP contribution is 2.31. The molecule has 0 saturated heterocycles. The van der Waals surface area contributed by atoms with Crippen molar-refractivity contribution in [3.63, 3.8) is 0 Å². The Kier molecular flexibility index (Phi) is 3.87. The van der Waals surface area contributed by atoms with Gasteiger partial charge in [0, 0.05) is 9.79 Å². The lowest BCUT2D eigenvalue weighted by Crippen LogP contribution is -2.02. The maximum absolute atomic E-state index is 11.1. The summed E-state index contributed by atoms with van der Waals surface area (Å²) in [5, 5.41) is 18.1. The highest BCUT2D eigenvalue weighted by Gasteiger charge is 2.14. The summed E-state index contributed by atoms with van der Waals surface area (Å²) in [6.07, 6.45) is 0. The van der Waals surface area contributed by atoms with Gasteiger partial charge in [-0.05, 0) is 30.3 Å². The fourth-order valence-electron chi connectivity index (χ4n) is 1.53. The van der Waals surface area contributed by atoms with E-state index >= 15 is 0 Å². The first-order chi connectivity index (χ1) is 9.08. The van der Waals surface area contributed by atoms with Crippen molar-refractivity contribution in [3.05, 3.63) is 59.7 Å². The van der Waals surface area contributed by atoms with Crippen LogP contribution in [0.25, 0.3) is 0 Å². The largest absolute Gasteiger partial charge is 0.478 e. The van der Waals surface area contributed by atoms with Crippen molar-refractivity contribution in [2.24, 2.45) is 0 Å². The second-order valence-corrected chi connectivity index (χ2v) is 4.85. The van der Waals surface area contributed by atoms with Crippen LogP contribution in [-0.4, -0.2) is 22.2 Å². The molecule has 0 aliphatic carbocycles. The molecule has 19 heavy (non-hydrogen) atoms. The maximum atomic E-state index is 11.1. The van der Waals surface area contributed by atoms with E-state index in [9.17, 15) is 9.59 Å². The first-order valence-electron chi connectivity index (χ1n) is 5.41. The van der Waals surface area contributed by atoms with Gasteiger partial charge in [0.05, 0.1) is 11.1 Å². The Labute approximate surface area is 113 Å². The molecule has 4 nitrogen and oxygen atoms in total. The summed E-state index contributed by atoms with van der Waals surface area (Å²) in [5.41, 5.74) is 0.169. The molecular formula is C14H10O4S. The van der Waals surface area contributed by atoms with Crippen molar-refractivity contribution in [2.45, 2.75) is 9.79 Å². The Morgan fingerprint density at radius 3 is 2.16 bits per heavy atom. The molecule has 0 amide bonds. The summed E-state index contributed by atoms with van der Waals surface area (Å²) < 4.78 is 0. The Morgan fingerprint density at radius 1 is 0.895 bits per heavy atom. The number of aromatic carboxylic acids is 2. The zero-order valence-electron chi connectivity index (χ0n) is 9.74. The van der Waals surface area contributed by atoms with Crippen molar-refractivity contribution in [1.82, 2.24) is 0 Å². The number of carboxylic acid groups (broad SMARTS) is 2. The average molecular weight is 274 g/mol. The SMILES string of the molecule is O=C(O)c1ccc(C(=O)O)c(Sc2ccccc2)c1. The molecule has 2 N–H and O–H groups in total. The number of rotatable bonds is 4. The van der Waals surface area contributed by atoms with Gasteiger partial charge in [-0.1, -0.05) is 30.0 Å². The summed E-state index contributed by atoms with van der Waals surface area (Å²) in [6, 6.07) is 13.2. The molecule has 0 fully saturated rings. The van der Waals surface area contributed by atoms with Crippen LogP contribution in [-0.2, 0) is 0 Å².